The largest absolute Gasteiger partial charge is 0.354 e. The van der Waals surface area contributed by atoms with E-state index in [1.165, 1.54) is 7.05 Å². The zero-order valence-electron chi connectivity index (χ0n) is 13.1. The molecule has 1 saturated heterocycles. The van der Waals surface area contributed by atoms with Crippen LogP contribution >= 0.6 is 0 Å². The molecule has 3 N–H and O–H groups in total. The van der Waals surface area contributed by atoms with Gasteiger partial charge in [-0.15, -0.1) is 0 Å². The smallest absolute Gasteiger partial charge is 0.328 e. The Morgan fingerprint density at radius 1 is 1.12 bits per heavy atom. The first-order valence-corrected chi connectivity index (χ1v) is 7.32. The summed E-state index contributed by atoms with van der Waals surface area (Å²) in [6.07, 6.45) is 0.0556. The van der Waals surface area contributed by atoms with E-state index >= 15 is 0 Å². The maximum Gasteiger partial charge on any atom is 0.328 e. The summed E-state index contributed by atoms with van der Waals surface area (Å²) in [5.74, 6) is -2.16. The minimum atomic E-state index is -0.885. The molecule has 0 atom stereocenters. The maximum atomic E-state index is 12.1. The number of likely N-dealkylation sites (N-methyl/N-ethyl adjacent to an activating group) is 1. The molecule has 0 unspecified atom stereocenters. The molecular weight excluding hydrogens is 324 g/mol. The highest BCUT2D eigenvalue weighted by atomic mass is 16.2. The highest BCUT2D eigenvalue weighted by Crippen LogP contribution is 2.43. The number of allylic oxidation sites excluding steroid dienone is 2. The number of nitriles is 1. The highest BCUT2D eigenvalue weighted by molar-refractivity contribution is 6.33. The molecule has 3 rings (SSSR count). The Labute approximate surface area is 142 Å². The molecule has 0 saturated carbocycles. The van der Waals surface area contributed by atoms with Gasteiger partial charge in [-0.2, -0.15) is 5.26 Å². The predicted octanol–water partition coefficient (Wildman–Crippen LogP) is 0.233. The fourth-order valence-corrected chi connectivity index (χ4v) is 2.94. The Bertz CT molecular complexity index is 928. The van der Waals surface area contributed by atoms with Crippen molar-refractivity contribution in [3.05, 3.63) is 46.5 Å². The molecule has 124 valence electrons. The summed E-state index contributed by atoms with van der Waals surface area (Å²) >= 11 is 0. The van der Waals surface area contributed by atoms with Crippen LogP contribution in [0.1, 0.15) is 17.5 Å². The second-order valence-electron chi connectivity index (χ2n) is 5.36. The first kappa shape index (κ1) is 16.1. The number of hydrogen-bond donors (Lipinski definition) is 3. The summed E-state index contributed by atoms with van der Waals surface area (Å²) in [6.45, 7) is 0. The molecule has 0 bridgehead atoms. The number of nitrogens with one attached hydrogen (secondary N) is 3. The molecule has 1 aliphatic carbocycles. The zero-order valence-corrected chi connectivity index (χ0v) is 13.1. The van der Waals surface area contributed by atoms with Crippen LogP contribution in [-0.4, -0.2) is 30.8 Å². The molecule has 1 heterocycles. The second-order valence-corrected chi connectivity index (χ2v) is 5.36. The van der Waals surface area contributed by atoms with Crippen LogP contribution in [0.15, 0.2) is 35.4 Å². The van der Waals surface area contributed by atoms with Crippen LogP contribution in [0.25, 0.3) is 11.1 Å². The number of barbiturate groups is 1. The molecule has 8 heteroatoms. The third-order valence-electron chi connectivity index (χ3n) is 4.01. The lowest BCUT2D eigenvalue weighted by Crippen LogP contribution is -2.51. The average Bonchev–Trinajstić information content (AvgIpc) is 2.94. The van der Waals surface area contributed by atoms with E-state index in [2.05, 4.69) is 5.32 Å². The first-order valence-electron chi connectivity index (χ1n) is 7.32. The van der Waals surface area contributed by atoms with Crippen LogP contribution in [0.4, 0.5) is 4.79 Å². The minimum Gasteiger partial charge on any atom is -0.354 e. The van der Waals surface area contributed by atoms with Crippen LogP contribution in [0.5, 0.6) is 0 Å². The molecule has 1 fully saturated rings. The zero-order chi connectivity index (χ0) is 18.1. The quantitative estimate of drug-likeness (QED) is 0.384. The Balaban J connectivity index is 2.26. The van der Waals surface area contributed by atoms with Crippen LogP contribution in [0.2, 0.25) is 0 Å². The van der Waals surface area contributed by atoms with Gasteiger partial charge in [-0.25, -0.2) is 4.79 Å². The van der Waals surface area contributed by atoms with E-state index < -0.39 is 23.8 Å². The number of benzene rings is 1. The van der Waals surface area contributed by atoms with Gasteiger partial charge in [0.15, 0.2) is 0 Å². The van der Waals surface area contributed by atoms with Crippen molar-refractivity contribution < 1.29 is 19.2 Å². The van der Waals surface area contributed by atoms with Crippen molar-refractivity contribution in [1.29, 1.82) is 5.26 Å². The summed E-state index contributed by atoms with van der Waals surface area (Å²) in [6, 6.07) is 7.85. The number of carbonyl (C=O) groups is 4. The predicted molar refractivity (Wildman–Crippen MR) is 86.3 cm³/mol. The van der Waals surface area contributed by atoms with Gasteiger partial charge in [-0.3, -0.25) is 25.0 Å². The molecule has 0 spiro atoms. The van der Waals surface area contributed by atoms with Crippen molar-refractivity contribution in [2.24, 2.45) is 0 Å². The monoisotopic (exact) mass is 336 g/mol. The van der Waals surface area contributed by atoms with E-state index in [1.807, 2.05) is 16.7 Å². The van der Waals surface area contributed by atoms with Gasteiger partial charge in [0.2, 0.25) is 0 Å². The SMILES string of the molecule is CNC(=O)/C(C#N)=C1\CC(=C2C(=O)NC(=O)NC2=O)c2ccccc21. The molecule has 2 aliphatic rings. The third-order valence-corrected chi connectivity index (χ3v) is 4.01. The van der Waals surface area contributed by atoms with E-state index in [4.69, 9.17) is 0 Å². The van der Waals surface area contributed by atoms with Crippen molar-refractivity contribution in [3.63, 3.8) is 0 Å². The van der Waals surface area contributed by atoms with Crippen molar-refractivity contribution >= 4 is 34.9 Å². The van der Waals surface area contributed by atoms with Crippen LogP contribution in [0, 0.1) is 11.3 Å². The van der Waals surface area contributed by atoms with Gasteiger partial charge in [-0.1, -0.05) is 24.3 Å². The number of rotatable bonds is 1. The van der Waals surface area contributed by atoms with Gasteiger partial charge in [0.25, 0.3) is 17.7 Å². The first-order chi connectivity index (χ1) is 12.0. The van der Waals surface area contributed by atoms with E-state index in [0.29, 0.717) is 22.3 Å². The summed E-state index contributed by atoms with van der Waals surface area (Å²) in [4.78, 5) is 47.5. The number of imide groups is 2. The number of carbonyl (C=O) groups excluding carboxylic acids is 4. The van der Waals surface area contributed by atoms with E-state index in [9.17, 15) is 24.4 Å². The molecule has 1 aromatic rings. The standard InChI is InChI=1S/C17H12N4O4/c1-19-14(22)12(7-18)10-6-11(9-5-3-2-4-8(9)10)13-15(23)20-17(25)21-16(13)24/h2-5H,6H2,1H3,(H,19,22)(H2,20,21,23,24,25)/b12-10+. The van der Waals surface area contributed by atoms with Gasteiger partial charge < -0.3 is 5.32 Å². The van der Waals surface area contributed by atoms with Crippen LogP contribution < -0.4 is 16.0 Å². The number of urea groups is 1. The van der Waals surface area contributed by atoms with Crippen molar-refractivity contribution in [1.82, 2.24) is 16.0 Å². The molecule has 0 aromatic heterocycles. The van der Waals surface area contributed by atoms with Crippen molar-refractivity contribution in [2.45, 2.75) is 6.42 Å². The average molecular weight is 336 g/mol. The van der Waals surface area contributed by atoms with Crippen molar-refractivity contribution in [2.75, 3.05) is 7.05 Å². The van der Waals surface area contributed by atoms with Gasteiger partial charge in [0.05, 0.1) is 0 Å². The Morgan fingerprint density at radius 2 is 1.72 bits per heavy atom. The fraction of sp³-hybridized carbons (Fsp3) is 0.118. The van der Waals surface area contributed by atoms with Gasteiger partial charge in [-0.05, 0) is 22.3 Å². The lowest BCUT2D eigenvalue weighted by Gasteiger charge is -2.16. The maximum absolute atomic E-state index is 12.1. The lowest BCUT2D eigenvalue weighted by molar-refractivity contribution is -0.124. The number of hydrogen-bond acceptors (Lipinski definition) is 5. The van der Waals surface area contributed by atoms with Crippen molar-refractivity contribution in [3.8, 4) is 6.07 Å². The molecular formula is C17H12N4O4. The second kappa shape index (κ2) is 6.05. The molecule has 1 aromatic carbocycles. The summed E-state index contributed by atoms with van der Waals surface area (Å²) in [7, 11) is 1.41. The number of fused-ring (bicyclic) bond motifs is 1. The Morgan fingerprint density at radius 3 is 2.28 bits per heavy atom. The third kappa shape index (κ3) is 2.57. The molecule has 5 amide bonds. The number of amides is 5. The van der Waals surface area contributed by atoms with E-state index in [1.54, 1.807) is 24.3 Å². The highest BCUT2D eigenvalue weighted by Gasteiger charge is 2.36. The molecule has 0 radical (unpaired) electrons. The molecule has 25 heavy (non-hydrogen) atoms. The van der Waals surface area contributed by atoms with Gasteiger partial charge >= 0.3 is 6.03 Å². The summed E-state index contributed by atoms with van der Waals surface area (Å²) in [5, 5.41) is 15.8. The Hall–Kier alpha value is -3.73. The van der Waals surface area contributed by atoms with Gasteiger partial charge in [0.1, 0.15) is 17.2 Å². The number of nitrogens with zero attached hydrogens (tertiary/aromatic N) is 1. The molecule has 8 nitrogen and oxygen atoms in total. The van der Waals surface area contributed by atoms with E-state index in [0.717, 1.165) is 0 Å². The summed E-state index contributed by atoms with van der Waals surface area (Å²) in [5.41, 5.74) is 1.68. The molecule has 1 aliphatic heterocycles. The van der Waals surface area contributed by atoms with Crippen LogP contribution in [0.3, 0.4) is 0 Å². The fourth-order valence-electron chi connectivity index (χ4n) is 2.94. The van der Waals surface area contributed by atoms with E-state index in [-0.39, 0.29) is 17.6 Å². The Kier molecular flexibility index (Phi) is 3.91. The minimum absolute atomic E-state index is 0.0556. The summed E-state index contributed by atoms with van der Waals surface area (Å²) < 4.78 is 0. The van der Waals surface area contributed by atoms with Crippen LogP contribution in [-0.2, 0) is 14.4 Å². The topological polar surface area (TPSA) is 128 Å². The van der Waals surface area contributed by atoms with Gasteiger partial charge in [0, 0.05) is 13.5 Å². The lowest BCUT2D eigenvalue weighted by atomic mass is 9.99. The normalized spacial score (nSPS) is 18.2.